The van der Waals surface area contributed by atoms with Gasteiger partial charge in [-0.1, -0.05) is 30.6 Å². The number of phenols is 1. The molecule has 0 saturated heterocycles. The first-order chi connectivity index (χ1) is 11.7. The van der Waals surface area contributed by atoms with Crippen molar-refractivity contribution in [3.8, 4) is 17.2 Å². The number of unbranched alkanes of at least 4 members (excludes halogenated alkanes) is 1. The molecule has 2 N–H and O–H groups in total. The maximum absolute atomic E-state index is 11.8. The summed E-state index contributed by atoms with van der Waals surface area (Å²) in [6.07, 6.45) is 2.08. The molecule has 3 aromatic rings. The van der Waals surface area contributed by atoms with E-state index in [9.17, 15) is 9.90 Å². The Bertz CT molecular complexity index is 858. The Morgan fingerprint density at radius 3 is 3.00 bits per heavy atom. The smallest absolute Gasteiger partial charge is 0.258 e. The molecule has 124 valence electrons. The van der Waals surface area contributed by atoms with Crippen LogP contribution in [0.2, 0.25) is 0 Å². The molecule has 6 heteroatoms. The molecule has 6 nitrogen and oxygen atoms in total. The fourth-order valence-corrected chi connectivity index (χ4v) is 2.50. The molecular formula is C18H19N3O3. The van der Waals surface area contributed by atoms with E-state index in [-0.39, 0.29) is 18.1 Å². The lowest BCUT2D eigenvalue weighted by Crippen LogP contribution is -2.26. The highest BCUT2D eigenvalue weighted by molar-refractivity contribution is 5.95. The van der Waals surface area contributed by atoms with Crippen molar-refractivity contribution in [2.75, 3.05) is 6.54 Å². The molecule has 3 rings (SSSR count). The van der Waals surface area contributed by atoms with Crippen LogP contribution in [0.1, 0.15) is 25.6 Å². The lowest BCUT2D eigenvalue weighted by molar-refractivity contribution is -0.120. The Morgan fingerprint density at radius 1 is 1.29 bits per heavy atom. The van der Waals surface area contributed by atoms with Gasteiger partial charge in [-0.25, -0.2) is 0 Å². The first-order valence-corrected chi connectivity index (χ1v) is 7.99. The number of fused-ring (bicyclic) bond motifs is 1. The van der Waals surface area contributed by atoms with Crippen LogP contribution in [-0.2, 0) is 11.2 Å². The Labute approximate surface area is 139 Å². The molecule has 0 fully saturated rings. The molecule has 0 spiro atoms. The highest BCUT2D eigenvalue weighted by Gasteiger charge is 2.14. The van der Waals surface area contributed by atoms with Crippen molar-refractivity contribution in [2.45, 2.75) is 26.2 Å². The molecule has 0 aliphatic carbocycles. The summed E-state index contributed by atoms with van der Waals surface area (Å²) in [4.78, 5) is 16.1. The molecule has 0 radical (unpaired) electrons. The second-order valence-electron chi connectivity index (χ2n) is 5.61. The summed E-state index contributed by atoms with van der Waals surface area (Å²) >= 11 is 0. The number of rotatable bonds is 6. The number of phenolic OH excluding ortho intramolecular Hbond substituents is 1. The monoisotopic (exact) mass is 325 g/mol. The second-order valence-corrected chi connectivity index (χ2v) is 5.61. The van der Waals surface area contributed by atoms with E-state index >= 15 is 0 Å². The number of aromatic hydroxyl groups is 1. The van der Waals surface area contributed by atoms with E-state index < -0.39 is 0 Å². The highest BCUT2D eigenvalue weighted by Crippen LogP contribution is 2.29. The first kappa shape index (κ1) is 16.0. The zero-order valence-electron chi connectivity index (χ0n) is 13.5. The summed E-state index contributed by atoms with van der Waals surface area (Å²) in [5, 5.41) is 18.1. The molecule has 1 aromatic heterocycles. The van der Waals surface area contributed by atoms with Crippen LogP contribution in [0.15, 0.2) is 40.9 Å². The molecular weight excluding hydrogens is 306 g/mol. The summed E-state index contributed by atoms with van der Waals surface area (Å²) in [5.74, 6) is 0.811. The summed E-state index contributed by atoms with van der Waals surface area (Å²) in [6.45, 7) is 2.73. The third-order valence-corrected chi connectivity index (χ3v) is 3.73. The quantitative estimate of drug-likeness (QED) is 0.680. The third kappa shape index (κ3) is 3.53. The zero-order chi connectivity index (χ0) is 16.9. The highest BCUT2D eigenvalue weighted by atomic mass is 16.5. The summed E-state index contributed by atoms with van der Waals surface area (Å²) in [6, 6.07) is 10.7. The van der Waals surface area contributed by atoms with Crippen LogP contribution < -0.4 is 5.32 Å². The number of hydrogen-bond donors (Lipinski definition) is 2. The number of amides is 1. The topological polar surface area (TPSA) is 88.2 Å². The molecule has 24 heavy (non-hydrogen) atoms. The standard InChI is InChI=1S/C18H19N3O3/c1-2-3-9-19-17(23)11-16-20-18(24-21-16)15-6-4-5-12-10-13(22)7-8-14(12)15/h4-8,10,22H,2-3,9,11H2,1H3,(H,19,23). The van der Waals surface area contributed by atoms with Crippen LogP contribution in [0.3, 0.4) is 0 Å². The number of benzene rings is 2. The van der Waals surface area contributed by atoms with Gasteiger partial charge in [0.05, 0.1) is 6.42 Å². The normalized spacial score (nSPS) is 10.9. The molecule has 0 bridgehead atoms. The minimum atomic E-state index is -0.112. The molecule has 0 aliphatic rings. The maximum Gasteiger partial charge on any atom is 0.258 e. The summed E-state index contributed by atoms with van der Waals surface area (Å²) in [7, 11) is 0. The van der Waals surface area contributed by atoms with Crippen molar-refractivity contribution in [2.24, 2.45) is 0 Å². The van der Waals surface area contributed by atoms with Crippen LogP contribution in [0.4, 0.5) is 0 Å². The Kier molecular flexibility index (Phi) is 4.74. The van der Waals surface area contributed by atoms with E-state index in [4.69, 9.17) is 4.52 Å². The molecule has 2 aromatic carbocycles. The second kappa shape index (κ2) is 7.12. The molecule has 0 atom stereocenters. The van der Waals surface area contributed by atoms with E-state index in [0.29, 0.717) is 18.3 Å². The van der Waals surface area contributed by atoms with Crippen molar-refractivity contribution in [3.63, 3.8) is 0 Å². The summed E-state index contributed by atoms with van der Waals surface area (Å²) < 4.78 is 5.31. The van der Waals surface area contributed by atoms with Gasteiger partial charge in [0.15, 0.2) is 5.82 Å². The number of nitrogens with one attached hydrogen (secondary N) is 1. The predicted octanol–water partition coefficient (Wildman–Crippen LogP) is 3.05. The number of carbonyl (C=O) groups is 1. The van der Waals surface area contributed by atoms with Gasteiger partial charge in [0, 0.05) is 12.1 Å². The number of carbonyl (C=O) groups excluding carboxylic acids is 1. The lowest BCUT2D eigenvalue weighted by atomic mass is 10.0. The van der Waals surface area contributed by atoms with Gasteiger partial charge in [-0.05, 0) is 41.5 Å². The van der Waals surface area contributed by atoms with Gasteiger partial charge >= 0.3 is 0 Å². The lowest BCUT2D eigenvalue weighted by Gasteiger charge is -2.03. The fourth-order valence-electron chi connectivity index (χ4n) is 2.50. The van der Waals surface area contributed by atoms with E-state index in [2.05, 4.69) is 22.4 Å². The van der Waals surface area contributed by atoms with Gasteiger partial charge in [0.25, 0.3) is 5.89 Å². The van der Waals surface area contributed by atoms with E-state index in [1.807, 2.05) is 18.2 Å². The number of aromatic nitrogens is 2. The van der Waals surface area contributed by atoms with Crippen LogP contribution in [0.25, 0.3) is 22.2 Å². The molecule has 1 heterocycles. The van der Waals surface area contributed by atoms with Gasteiger partial charge in [0.1, 0.15) is 5.75 Å². The predicted molar refractivity (Wildman–Crippen MR) is 90.5 cm³/mol. The third-order valence-electron chi connectivity index (χ3n) is 3.73. The van der Waals surface area contributed by atoms with Crippen LogP contribution in [-0.4, -0.2) is 27.7 Å². The van der Waals surface area contributed by atoms with Gasteiger partial charge in [-0.3, -0.25) is 4.79 Å². The largest absolute Gasteiger partial charge is 0.508 e. The minimum Gasteiger partial charge on any atom is -0.508 e. The molecule has 0 saturated carbocycles. The van der Waals surface area contributed by atoms with Crippen LogP contribution in [0, 0.1) is 0 Å². The number of hydrogen-bond acceptors (Lipinski definition) is 5. The van der Waals surface area contributed by atoms with E-state index in [1.165, 1.54) is 0 Å². The Morgan fingerprint density at radius 2 is 2.17 bits per heavy atom. The average molecular weight is 325 g/mol. The van der Waals surface area contributed by atoms with Crippen molar-refractivity contribution in [1.82, 2.24) is 15.5 Å². The van der Waals surface area contributed by atoms with Gasteiger partial charge < -0.3 is 14.9 Å². The van der Waals surface area contributed by atoms with Crippen LogP contribution >= 0.6 is 0 Å². The summed E-state index contributed by atoms with van der Waals surface area (Å²) in [5.41, 5.74) is 0.776. The van der Waals surface area contributed by atoms with Crippen molar-refractivity contribution in [3.05, 3.63) is 42.2 Å². The number of nitrogens with zero attached hydrogens (tertiary/aromatic N) is 2. The van der Waals surface area contributed by atoms with Crippen LogP contribution in [0.5, 0.6) is 5.75 Å². The van der Waals surface area contributed by atoms with Crippen molar-refractivity contribution < 1.29 is 14.4 Å². The zero-order valence-corrected chi connectivity index (χ0v) is 13.5. The van der Waals surface area contributed by atoms with Crippen molar-refractivity contribution >= 4 is 16.7 Å². The molecule has 0 aliphatic heterocycles. The van der Waals surface area contributed by atoms with Gasteiger partial charge in [0.2, 0.25) is 5.91 Å². The van der Waals surface area contributed by atoms with Gasteiger partial charge in [-0.2, -0.15) is 4.98 Å². The van der Waals surface area contributed by atoms with E-state index in [0.717, 1.165) is 29.2 Å². The minimum absolute atomic E-state index is 0.0960. The fraction of sp³-hybridized carbons (Fsp3) is 0.278. The average Bonchev–Trinajstić information content (AvgIpc) is 3.02. The SMILES string of the molecule is CCCCNC(=O)Cc1noc(-c2cccc3cc(O)ccc23)n1. The van der Waals surface area contributed by atoms with E-state index in [1.54, 1.807) is 18.2 Å². The first-order valence-electron chi connectivity index (χ1n) is 7.99. The molecule has 0 unspecified atom stereocenters. The Hall–Kier alpha value is -2.89. The Balaban J connectivity index is 1.80. The van der Waals surface area contributed by atoms with Gasteiger partial charge in [-0.15, -0.1) is 0 Å². The molecule has 1 amide bonds. The maximum atomic E-state index is 11.8. The van der Waals surface area contributed by atoms with Crippen molar-refractivity contribution in [1.29, 1.82) is 0 Å².